The van der Waals surface area contributed by atoms with Gasteiger partial charge in [0.1, 0.15) is 5.69 Å². The highest BCUT2D eigenvalue weighted by Crippen LogP contribution is 2.20. The molecule has 3 aromatic carbocycles. The molecule has 0 aliphatic rings. The minimum Gasteiger partial charge on any atom is -0.266 e. The summed E-state index contributed by atoms with van der Waals surface area (Å²) in [7, 11) is 0. The first-order chi connectivity index (χ1) is 14.8. The highest BCUT2D eigenvalue weighted by molar-refractivity contribution is 6.03. The number of hydrogen-bond donors (Lipinski definition) is 1. The standard InChI is InChI=1S/C26H21N3O/c30-26(24-13-7-8-18-27-24)29-28-25(19-20-9-3-1-4-10-20)23-16-14-22(15-17-23)21-11-5-2-6-12-21/h1-18H,19H2,(H,29,30)/b28-25+. The van der Waals surface area contributed by atoms with Crippen molar-refractivity contribution in [1.82, 2.24) is 10.4 Å². The summed E-state index contributed by atoms with van der Waals surface area (Å²) in [5.74, 6) is -0.331. The van der Waals surface area contributed by atoms with Gasteiger partial charge in [0.2, 0.25) is 0 Å². The normalized spacial score (nSPS) is 11.1. The van der Waals surface area contributed by atoms with E-state index in [9.17, 15) is 4.79 Å². The zero-order chi connectivity index (χ0) is 20.6. The minimum atomic E-state index is -0.331. The Hall–Kier alpha value is -4.05. The summed E-state index contributed by atoms with van der Waals surface area (Å²) in [5, 5.41) is 4.45. The lowest BCUT2D eigenvalue weighted by molar-refractivity contribution is 0.0950. The maximum absolute atomic E-state index is 12.4. The van der Waals surface area contributed by atoms with Crippen LogP contribution in [-0.2, 0) is 6.42 Å². The Morgan fingerprint density at radius 3 is 2.03 bits per heavy atom. The molecular formula is C26H21N3O. The topological polar surface area (TPSA) is 54.4 Å². The van der Waals surface area contributed by atoms with Gasteiger partial charge in [0.25, 0.3) is 5.91 Å². The third-order valence-corrected chi connectivity index (χ3v) is 4.73. The van der Waals surface area contributed by atoms with E-state index in [-0.39, 0.29) is 5.91 Å². The summed E-state index contributed by atoms with van der Waals surface area (Å²) in [5.41, 5.74) is 8.14. The van der Waals surface area contributed by atoms with Crippen LogP contribution in [0.1, 0.15) is 21.6 Å². The van der Waals surface area contributed by atoms with Gasteiger partial charge < -0.3 is 0 Å². The minimum absolute atomic E-state index is 0.331. The number of nitrogens with zero attached hydrogens (tertiary/aromatic N) is 2. The Morgan fingerprint density at radius 2 is 1.37 bits per heavy atom. The number of carbonyl (C=O) groups is 1. The molecule has 0 radical (unpaired) electrons. The van der Waals surface area contributed by atoms with E-state index in [1.807, 2.05) is 48.5 Å². The SMILES string of the molecule is O=C(N/N=C(\Cc1ccccc1)c1ccc(-c2ccccc2)cc1)c1ccccn1. The molecule has 0 fully saturated rings. The molecule has 4 nitrogen and oxygen atoms in total. The van der Waals surface area contributed by atoms with Crippen molar-refractivity contribution in [2.45, 2.75) is 6.42 Å². The first-order valence-electron chi connectivity index (χ1n) is 9.77. The van der Waals surface area contributed by atoms with Crippen molar-refractivity contribution in [1.29, 1.82) is 0 Å². The van der Waals surface area contributed by atoms with E-state index in [4.69, 9.17) is 0 Å². The Balaban J connectivity index is 1.60. The van der Waals surface area contributed by atoms with Crippen LogP contribution in [0.25, 0.3) is 11.1 Å². The quantitative estimate of drug-likeness (QED) is 0.366. The van der Waals surface area contributed by atoms with E-state index in [2.05, 4.69) is 51.9 Å². The van der Waals surface area contributed by atoms with Crippen molar-refractivity contribution < 1.29 is 4.79 Å². The molecule has 4 heteroatoms. The zero-order valence-electron chi connectivity index (χ0n) is 16.4. The molecule has 30 heavy (non-hydrogen) atoms. The molecule has 0 spiro atoms. The molecule has 0 aliphatic carbocycles. The third kappa shape index (κ3) is 4.86. The van der Waals surface area contributed by atoms with E-state index in [1.165, 1.54) is 0 Å². The molecule has 1 aromatic heterocycles. The summed E-state index contributed by atoms with van der Waals surface area (Å²) in [4.78, 5) is 16.5. The summed E-state index contributed by atoms with van der Waals surface area (Å²) >= 11 is 0. The molecule has 4 aromatic rings. The average molecular weight is 391 g/mol. The van der Waals surface area contributed by atoms with Crippen LogP contribution in [0.4, 0.5) is 0 Å². The summed E-state index contributed by atoms with van der Waals surface area (Å²) < 4.78 is 0. The largest absolute Gasteiger partial charge is 0.289 e. The number of nitrogens with one attached hydrogen (secondary N) is 1. The van der Waals surface area contributed by atoms with Crippen LogP contribution >= 0.6 is 0 Å². The lowest BCUT2D eigenvalue weighted by Gasteiger charge is -2.09. The van der Waals surface area contributed by atoms with Crippen molar-refractivity contribution >= 4 is 11.6 Å². The molecule has 0 unspecified atom stereocenters. The summed E-state index contributed by atoms with van der Waals surface area (Å²) in [6.07, 6.45) is 2.19. The van der Waals surface area contributed by atoms with Crippen molar-refractivity contribution in [3.05, 3.63) is 126 Å². The number of pyridine rings is 1. The molecular weight excluding hydrogens is 370 g/mol. The van der Waals surface area contributed by atoms with Gasteiger partial charge in [0.15, 0.2) is 0 Å². The Labute approximate surface area is 175 Å². The third-order valence-electron chi connectivity index (χ3n) is 4.73. The lowest BCUT2D eigenvalue weighted by Crippen LogP contribution is -2.22. The first kappa shape index (κ1) is 19.3. The van der Waals surface area contributed by atoms with Gasteiger partial charge >= 0.3 is 0 Å². The second kappa shape index (κ2) is 9.43. The van der Waals surface area contributed by atoms with Crippen LogP contribution in [0.5, 0.6) is 0 Å². The fourth-order valence-electron chi connectivity index (χ4n) is 3.15. The highest BCUT2D eigenvalue weighted by atomic mass is 16.2. The van der Waals surface area contributed by atoms with Crippen molar-refractivity contribution in [2.75, 3.05) is 0 Å². The Kier molecular flexibility index (Phi) is 6.06. The van der Waals surface area contributed by atoms with Gasteiger partial charge in [-0.15, -0.1) is 0 Å². The second-order valence-corrected chi connectivity index (χ2v) is 6.82. The van der Waals surface area contributed by atoms with Crippen LogP contribution < -0.4 is 5.43 Å². The van der Waals surface area contributed by atoms with Gasteiger partial charge in [-0.05, 0) is 34.4 Å². The first-order valence-corrected chi connectivity index (χ1v) is 9.77. The van der Waals surface area contributed by atoms with E-state index < -0.39 is 0 Å². The van der Waals surface area contributed by atoms with Gasteiger partial charge in [-0.3, -0.25) is 9.78 Å². The average Bonchev–Trinajstić information content (AvgIpc) is 2.83. The van der Waals surface area contributed by atoms with Crippen molar-refractivity contribution in [3.8, 4) is 11.1 Å². The van der Waals surface area contributed by atoms with Gasteiger partial charge in [0, 0.05) is 12.6 Å². The predicted molar refractivity (Wildman–Crippen MR) is 120 cm³/mol. The number of benzene rings is 3. The predicted octanol–water partition coefficient (Wildman–Crippen LogP) is 5.13. The van der Waals surface area contributed by atoms with Crippen LogP contribution in [0.2, 0.25) is 0 Å². The molecule has 0 atom stereocenters. The van der Waals surface area contributed by atoms with E-state index >= 15 is 0 Å². The molecule has 4 rings (SSSR count). The Bertz CT molecular complexity index is 1120. The number of aromatic nitrogens is 1. The van der Waals surface area contributed by atoms with E-state index in [0.717, 1.165) is 28.0 Å². The monoisotopic (exact) mass is 391 g/mol. The lowest BCUT2D eigenvalue weighted by atomic mass is 9.99. The molecule has 146 valence electrons. The maximum atomic E-state index is 12.4. The molecule has 0 aliphatic heterocycles. The van der Waals surface area contributed by atoms with Crippen molar-refractivity contribution in [3.63, 3.8) is 0 Å². The van der Waals surface area contributed by atoms with Crippen LogP contribution in [0, 0.1) is 0 Å². The molecule has 0 bridgehead atoms. The fourth-order valence-corrected chi connectivity index (χ4v) is 3.15. The van der Waals surface area contributed by atoms with Crippen LogP contribution in [0.15, 0.2) is 114 Å². The maximum Gasteiger partial charge on any atom is 0.289 e. The fraction of sp³-hybridized carbons (Fsp3) is 0.0385. The van der Waals surface area contributed by atoms with Gasteiger partial charge in [-0.2, -0.15) is 5.10 Å². The van der Waals surface area contributed by atoms with Crippen molar-refractivity contribution in [2.24, 2.45) is 5.10 Å². The number of rotatable bonds is 6. The zero-order valence-corrected chi connectivity index (χ0v) is 16.4. The van der Waals surface area contributed by atoms with E-state index in [1.54, 1.807) is 24.4 Å². The number of amides is 1. The van der Waals surface area contributed by atoms with Gasteiger partial charge in [0.05, 0.1) is 5.71 Å². The molecule has 1 heterocycles. The summed E-state index contributed by atoms with van der Waals surface area (Å²) in [6.45, 7) is 0. The summed E-state index contributed by atoms with van der Waals surface area (Å²) in [6, 6.07) is 33.7. The van der Waals surface area contributed by atoms with Crippen LogP contribution in [-0.4, -0.2) is 16.6 Å². The Morgan fingerprint density at radius 1 is 0.733 bits per heavy atom. The number of hydrazone groups is 1. The molecule has 0 saturated heterocycles. The molecule has 0 saturated carbocycles. The smallest absolute Gasteiger partial charge is 0.266 e. The van der Waals surface area contributed by atoms with Crippen LogP contribution in [0.3, 0.4) is 0 Å². The molecule has 1 N–H and O–H groups in total. The van der Waals surface area contributed by atoms with E-state index in [0.29, 0.717) is 12.1 Å². The van der Waals surface area contributed by atoms with Gasteiger partial charge in [-0.25, -0.2) is 5.43 Å². The second-order valence-electron chi connectivity index (χ2n) is 6.82. The highest BCUT2D eigenvalue weighted by Gasteiger charge is 2.09. The molecule has 1 amide bonds. The van der Waals surface area contributed by atoms with Gasteiger partial charge in [-0.1, -0.05) is 91.0 Å². The number of carbonyl (C=O) groups excluding carboxylic acids is 1. The number of hydrogen-bond acceptors (Lipinski definition) is 3.